The summed E-state index contributed by atoms with van der Waals surface area (Å²) >= 11 is 0. The van der Waals surface area contributed by atoms with E-state index in [2.05, 4.69) is 0 Å². The molecule has 0 spiro atoms. The van der Waals surface area contributed by atoms with Crippen LogP contribution in [0.15, 0.2) is 36.4 Å². The van der Waals surface area contributed by atoms with Crippen molar-refractivity contribution in [1.29, 1.82) is 0 Å². The van der Waals surface area contributed by atoms with Gasteiger partial charge in [-0.3, -0.25) is 0 Å². The average Bonchev–Trinajstić information content (AvgIpc) is 2.55. The van der Waals surface area contributed by atoms with Gasteiger partial charge in [0.15, 0.2) is 23.0 Å². The third kappa shape index (κ3) is 3.52. The molecule has 7 heteroatoms. The zero-order valence-corrected chi connectivity index (χ0v) is 12.4. The molecule has 0 atom stereocenters. The number of aromatic hydroxyl groups is 1. The second-order valence-electron chi connectivity index (χ2n) is 4.45. The zero-order valence-electron chi connectivity index (χ0n) is 12.4. The van der Waals surface area contributed by atoms with Crippen LogP contribution < -0.4 is 14.2 Å². The summed E-state index contributed by atoms with van der Waals surface area (Å²) in [6.07, 6.45) is 0. The topological polar surface area (TPSA) is 102 Å². The lowest BCUT2D eigenvalue weighted by atomic mass is 10.2. The lowest BCUT2D eigenvalue weighted by molar-refractivity contribution is 0.0686. The molecule has 7 nitrogen and oxygen atoms in total. The first-order chi connectivity index (χ1) is 11.0. The number of methoxy groups -OCH3 is 2. The maximum Gasteiger partial charge on any atom is 0.343 e. The molecular weight excluding hydrogens is 304 g/mol. The number of carbonyl (C=O) groups is 2. The Bertz CT molecular complexity index is 752. The molecule has 0 saturated carbocycles. The SMILES string of the molecule is COc1cc(C(=O)Oc2cc(C(=O)O)ccc2OC)ccc1O. The van der Waals surface area contributed by atoms with Crippen molar-refractivity contribution in [2.75, 3.05) is 14.2 Å². The van der Waals surface area contributed by atoms with Gasteiger partial charge in [-0.1, -0.05) is 0 Å². The molecule has 0 heterocycles. The van der Waals surface area contributed by atoms with Gasteiger partial charge in [0.05, 0.1) is 25.3 Å². The van der Waals surface area contributed by atoms with Gasteiger partial charge in [-0.25, -0.2) is 9.59 Å². The summed E-state index contributed by atoms with van der Waals surface area (Å²) in [6.45, 7) is 0. The molecule has 2 aromatic carbocycles. The Hall–Kier alpha value is -3.22. The summed E-state index contributed by atoms with van der Waals surface area (Å²) in [5.74, 6) is -1.71. The number of rotatable bonds is 5. The molecule has 0 bridgehead atoms. The first kappa shape index (κ1) is 16.2. The van der Waals surface area contributed by atoms with Crippen LogP contribution in [0.2, 0.25) is 0 Å². The quantitative estimate of drug-likeness (QED) is 0.644. The minimum Gasteiger partial charge on any atom is -0.504 e. The number of aromatic carboxylic acids is 1. The fourth-order valence-electron chi connectivity index (χ4n) is 1.85. The van der Waals surface area contributed by atoms with Gasteiger partial charge in [0, 0.05) is 0 Å². The van der Waals surface area contributed by atoms with E-state index in [0.29, 0.717) is 0 Å². The summed E-state index contributed by atoms with van der Waals surface area (Å²) in [5.41, 5.74) is 0.0827. The number of benzene rings is 2. The fourth-order valence-corrected chi connectivity index (χ4v) is 1.85. The third-order valence-corrected chi connectivity index (χ3v) is 3.03. The Labute approximate surface area is 131 Å². The molecule has 0 saturated heterocycles. The number of carboxylic acids is 1. The molecule has 2 aromatic rings. The Morgan fingerprint density at radius 3 is 2.09 bits per heavy atom. The molecule has 0 aromatic heterocycles. The zero-order chi connectivity index (χ0) is 17.0. The van der Waals surface area contributed by atoms with Crippen molar-refractivity contribution in [3.05, 3.63) is 47.5 Å². The lowest BCUT2D eigenvalue weighted by Gasteiger charge is -2.11. The van der Waals surface area contributed by atoms with Crippen molar-refractivity contribution in [1.82, 2.24) is 0 Å². The van der Waals surface area contributed by atoms with Crippen LogP contribution >= 0.6 is 0 Å². The normalized spacial score (nSPS) is 10.0. The highest BCUT2D eigenvalue weighted by molar-refractivity contribution is 5.93. The highest BCUT2D eigenvalue weighted by atomic mass is 16.6. The van der Waals surface area contributed by atoms with E-state index in [1.807, 2.05) is 0 Å². The van der Waals surface area contributed by atoms with Crippen LogP contribution in [-0.4, -0.2) is 36.4 Å². The molecule has 0 radical (unpaired) electrons. The first-order valence-corrected chi connectivity index (χ1v) is 6.46. The molecule has 0 unspecified atom stereocenters. The number of hydrogen-bond acceptors (Lipinski definition) is 6. The molecule has 2 N–H and O–H groups in total. The number of hydrogen-bond donors (Lipinski definition) is 2. The second kappa shape index (κ2) is 6.69. The molecule has 0 fully saturated rings. The average molecular weight is 318 g/mol. The number of phenols is 1. The van der Waals surface area contributed by atoms with E-state index < -0.39 is 11.9 Å². The highest BCUT2D eigenvalue weighted by Crippen LogP contribution is 2.30. The minimum atomic E-state index is -1.16. The van der Waals surface area contributed by atoms with Crippen LogP contribution in [0.5, 0.6) is 23.0 Å². The van der Waals surface area contributed by atoms with E-state index in [1.54, 1.807) is 0 Å². The van der Waals surface area contributed by atoms with Crippen LogP contribution in [0.4, 0.5) is 0 Å². The molecule has 23 heavy (non-hydrogen) atoms. The summed E-state index contributed by atoms with van der Waals surface area (Å²) in [6, 6.07) is 7.88. The van der Waals surface area contributed by atoms with Crippen molar-refractivity contribution >= 4 is 11.9 Å². The van der Waals surface area contributed by atoms with Crippen LogP contribution in [-0.2, 0) is 0 Å². The van der Waals surface area contributed by atoms with Crippen LogP contribution in [0.25, 0.3) is 0 Å². The van der Waals surface area contributed by atoms with E-state index in [-0.39, 0.29) is 34.1 Å². The summed E-state index contributed by atoms with van der Waals surface area (Å²) in [4.78, 5) is 23.2. The molecule has 0 aliphatic heterocycles. The van der Waals surface area contributed by atoms with Gasteiger partial charge < -0.3 is 24.4 Å². The first-order valence-electron chi connectivity index (χ1n) is 6.46. The molecule has 0 aliphatic rings. The second-order valence-corrected chi connectivity index (χ2v) is 4.45. The van der Waals surface area contributed by atoms with Crippen LogP contribution in [0, 0.1) is 0 Å². The Morgan fingerprint density at radius 2 is 1.48 bits per heavy atom. The van der Waals surface area contributed by atoms with Gasteiger partial charge in [-0.2, -0.15) is 0 Å². The van der Waals surface area contributed by atoms with Crippen molar-refractivity contribution in [3.63, 3.8) is 0 Å². The molecule has 2 rings (SSSR count). The van der Waals surface area contributed by atoms with Gasteiger partial charge in [0.1, 0.15) is 0 Å². The number of esters is 1. The van der Waals surface area contributed by atoms with Crippen LogP contribution in [0.3, 0.4) is 0 Å². The van der Waals surface area contributed by atoms with E-state index >= 15 is 0 Å². The lowest BCUT2D eigenvalue weighted by Crippen LogP contribution is -2.10. The van der Waals surface area contributed by atoms with E-state index in [1.165, 1.54) is 50.6 Å². The smallest absolute Gasteiger partial charge is 0.343 e. The number of carboxylic acid groups (broad SMARTS) is 1. The molecule has 0 aliphatic carbocycles. The van der Waals surface area contributed by atoms with Gasteiger partial charge in [-0.15, -0.1) is 0 Å². The number of ether oxygens (including phenoxy) is 3. The predicted molar refractivity (Wildman–Crippen MR) is 79.6 cm³/mol. The van der Waals surface area contributed by atoms with Crippen molar-refractivity contribution in [2.45, 2.75) is 0 Å². The number of phenolic OH excluding ortho intramolecular Hbond substituents is 1. The van der Waals surface area contributed by atoms with Gasteiger partial charge in [0.25, 0.3) is 0 Å². The van der Waals surface area contributed by atoms with E-state index in [4.69, 9.17) is 19.3 Å². The predicted octanol–water partition coefficient (Wildman–Crippen LogP) is 2.33. The van der Waals surface area contributed by atoms with Gasteiger partial charge in [0.2, 0.25) is 0 Å². The van der Waals surface area contributed by atoms with Gasteiger partial charge >= 0.3 is 11.9 Å². The third-order valence-electron chi connectivity index (χ3n) is 3.03. The Balaban J connectivity index is 2.32. The van der Waals surface area contributed by atoms with Gasteiger partial charge in [-0.05, 0) is 36.4 Å². The van der Waals surface area contributed by atoms with E-state index in [0.717, 1.165) is 0 Å². The fraction of sp³-hybridized carbons (Fsp3) is 0.125. The van der Waals surface area contributed by atoms with E-state index in [9.17, 15) is 14.7 Å². The summed E-state index contributed by atoms with van der Waals surface area (Å²) in [5, 5.41) is 18.5. The highest BCUT2D eigenvalue weighted by Gasteiger charge is 2.16. The van der Waals surface area contributed by atoms with Crippen molar-refractivity contribution in [2.24, 2.45) is 0 Å². The monoisotopic (exact) mass is 318 g/mol. The van der Waals surface area contributed by atoms with Crippen LogP contribution in [0.1, 0.15) is 20.7 Å². The Morgan fingerprint density at radius 1 is 0.870 bits per heavy atom. The summed E-state index contributed by atoms with van der Waals surface area (Å²) < 4.78 is 15.2. The minimum absolute atomic E-state index is 0.0237. The maximum absolute atomic E-state index is 12.2. The van der Waals surface area contributed by atoms with Crippen molar-refractivity contribution < 1.29 is 34.0 Å². The molecule has 120 valence electrons. The number of carbonyl (C=O) groups excluding carboxylic acids is 1. The molecular formula is C16H14O7. The molecule has 0 amide bonds. The summed E-state index contributed by atoms with van der Waals surface area (Å²) in [7, 11) is 2.72. The standard InChI is InChI=1S/C16H14O7/c1-21-12-6-4-9(15(18)19)7-14(12)23-16(20)10-3-5-11(17)13(8-10)22-2/h3-8,17H,1-2H3,(H,18,19). The maximum atomic E-state index is 12.2. The van der Waals surface area contributed by atoms with Crippen molar-refractivity contribution in [3.8, 4) is 23.0 Å². The Kier molecular flexibility index (Phi) is 4.70. The largest absolute Gasteiger partial charge is 0.504 e.